The standard InChI is InChI=1S/C12H19N3O2S2/c1-3-11(12(13)18)19(16,17)15(4-2)9-10-5-7-14-8-6-10/h5-8,11H,3-4,9H2,1-2H3,(H2,13,18). The highest BCUT2D eigenvalue weighted by Crippen LogP contribution is 2.16. The molecule has 2 N–H and O–H groups in total. The predicted molar refractivity (Wildman–Crippen MR) is 80.1 cm³/mol. The molecule has 0 saturated heterocycles. The Kier molecular flexibility index (Phi) is 5.84. The zero-order valence-corrected chi connectivity index (χ0v) is 12.7. The summed E-state index contributed by atoms with van der Waals surface area (Å²) in [6.07, 6.45) is 3.66. The molecule has 0 radical (unpaired) electrons. The number of thiocarbonyl (C=S) groups is 1. The van der Waals surface area contributed by atoms with Crippen molar-refractivity contribution in [2.24, 2.45) is 5.73 Å². The minimum atomic E-state index is -3.51. The van der Waals surface area contributed by atoms with Crippen molar-refractivity contribution in [3.8, 4) is 0 Å². The summed E-state index contributed by atoms with van der Waals surface area (Å²) < 4.78 is 26.4. The van der Waals surface area contributed by atoms with Crippen LogP contribution in [0.1, 0.15) is 25.8 Å². The van der Waals surface area contributed by atoms with Crippen molar-refractivity contribution in [3.05, 3.63) is 30.1 Å². The number of hydrogen-bond donors (Lipinski definition) is 1. The van der Waals surface area contributed by atoms with Crippen LogP contribution in [0.5, 0.6) is 0 Å². The van der Waals surface area contributed by atoms with Gasteiger partial charge >= 0.3 is 0 Å². The third-order valence-electron chi connectivity index (χ3n) is 2.87. The molecule has 1 heterocycles. The molecule has 0 fully saturated rings. The molecule has 1 atom stereocenters. The summed E-state index contributed by atoms with van der Waals surface area (Å²) in [6.45, 7) is 4.25. The van der Waals surface area contributed by atoms with Crippen molar-refractivity contribution >= 4 is 27.2 Å². The Labute approximate surface area is 119 Å². The van der Waals surface area contributed by atoms with Crippen LogP contribution >= 0.6 is 12.2 Å². The van der Waals surface area contributed by atoms with E-state index in [0.717, 1.165) is 5.56 Å². The van der Waals surface area contributed by atoms with Gasteiger partial charge in [-0.3, -0.25) is 4.98 Å². The second-order valence-corrected chi connectivity index (χ2v) is 6.71. The average Bonchev–Trinajstić information content (AvgIpc) is 2.36. The van der Waals surface area contributed by atoms with Crippen molar-refractivity contribution in [1.29, 1.82) is 0 Å². The molecule has 0 aliphatic carbocycles. The van der Waals surface area contributed by atoms with E-state index in [0.29, 0.717) is 19.5 Å². The number of rotatable bonds is 7. The van der Waals surface area contributed by atoms with Gasteiger partial charge in [0.25, 0.3) is 0 Å². The van der Waals surface area contributed by atoms with Gasteiger partial charge in [-0.2, -0.15) is 4.31 Å². The fourth-order valence-electron chi connectivity index (χ4n) is 1.81. The molecule has 7 heteroatoms. The van der Waals surface area contributed by atoms with E-state index >= 15 is 0 Å². The molecule has 1 rings (SSSR count). The van der Waals surface area contributed by atoms with Crippen LogP contribution in [-0.4, -0.2) is 34.5 Å². The lowest BCUT2D eigenvalue weighted by molar-refractivity contribution is 0.419. The Morgan fingerprint density at radius 3 is 2.42 bits per heavy atom. The maximum Gasteiger partial charge on any atom is 0.223 e. The minimum absolute atomic E-state index is 0.0238. The first kappa shape index (κ1) is 16.0. The lowest BCUT2D eigenvalue weighted by Gasteiger charge is -2.25. The normalized spacial score (nSPS) is 13.4. The molecule has 1 aromatic rings. The smallest absolute Gasteiger partial charge is 0.223 e. The predicted octanol–water partition coefficient (Wildman–Crippen LogP) is 1.30. The number of nitrogens with zero attached hydrogens (tertiary/aromatic N) is 2. The summed E-state index contributed by atoms with van der Waals surface area (Å²) >= 11 is 4.86. The van der Waals surface area contributed by atoms with Gasteiger partial charge in [-0.1, -0.05) is 26.1 Å². The van der Waals surface area contributed by atoms with Gasteiger partial charge in [0.05, 0.1) is 4.99 Å². The summed E-state index contributed by atoms with van der Waals surface area (Å²) in [6, 6.07) is 3.58. The summed E-state index contributed by atoms with van der Waals surface area (Å²) in [5, 5.41) is -0.802. The molecule has 1 aromatic heterocycles. The van der Waals surface area contributed by atoms with Crippen molar-refractivity contribution in [3.63, 3.8) is 0 Å². The molecule has 0 aliphatic heterocycles. The topological polar surface area (TPSA) is 76.3 Å². The first-order chi connectivity index (χ1) is 8.93. The van der Waals surface area contributed by atoms with Crippen LogP contribution in [0.4, 0.5) is 0 Å². The van der Waals surface area contributed by atoms with Crippen LogP contribution in [0.25, 0.3) is 0 Å². The first-order valence-electron chi connectivity index (χ1n) is 6.10. The Hall–Kier alpha value is -1.05. The molecule has 0 aliphatic rings. The Morgan fingerprint density at radius 1 is 1.42 bits per heavy atom. The average molecular weight is 301 g/mol. The third-order valence-corrected chi connectivity index (χ3v) is 5.72. The van der Waals surface area contributed by atoms with Crippen molar-refractivity contribution in [1.82, 2.24) is 9.29 Å². The molecule has 106 valence electrons. The number of pyridine rings is 1. The zero-order chi connectivity index (χ0) is 14.5. The second-order valence-electron chi connectivity index (χ2n) is 4.13. The van der Waals surface area contributed by atoms with Gasteiger partial charge in [-0.25, -0.2) is 8.42 Å². The van der Waals surface area contributed by atoms with Gasteiger partial charge in [0.2, 0.25) is 10.0 Å². The molecule has 19 heavy (non-hydrogen) atoms. The van der Waals surface area contributed by atoms with Crippen LogP contribution in [-0.2, 0) is 16.6 Å². The monoisotopic (exact) mass is 301 g/mol. The van der Waals surface area contributed by atoms with Crippen LogP contribution in [0.15, 0.2) is 24.5 Å². The first-order valence-corrected chi connectivity index (χ1v) is 8.01. The second kappa shape index (κ2) is 6.93. The van der Waals surface area contributed by atoms with Crippen LogP contribution in [0, 0.1) is 0 Å². The lowest BCUT2D eigenvalue weighted by atomic mass is 10.3. The molecule has 0 aromatic carbocycles. The Bertz CT molecular complexity index is 517. The highest BCUT2D eigenvalue weighted by Gasteiger charge is 2.31. The van der Waals surface area contributed by atoms with Gasteiger partial charge in [-0.05, 0) is 24.1 Å². The van der Waals surface area contributed by atoms with E-state index in [9.17, 15) is 8.42 Å². The van der Waals surface area contributed by atoms with E-state index in [1.54, 1.807) is 38.4 Å². The fourth-order valence-corrected chi connectivity index (χ4v) is 4.11. The zero-order valence-electron chi connectivity index (χ0n) is 11.1. The number of aromatic nitrogens is 1. The Morgan fingerprint density at radius 2 is 2.00 bits per heavy atom. The van der Waals surface area contributed by atoms with Crippen LogP contribution in [0.2, 0.25) is 0 Å². The quantitative estimate of drug-likeness (QED) is 0.768. The van der Waals surface area contributed by atoms with Gasteiger partial charge in [0.15, 0.2) is 0 Å². The van der Waals surface area contributed by atoms with Crippen LogP contribution < -0.4 is 5.73 Å². The van der Waals surface area contributed by atoms with E-state index in [1.165, 1.54) is 4.31 Å². The molecule has 0 spiro atoms. The number of sulfonamides is 1. The number of nitrogens with two attached hydrogens (primary N) is 1. The summed E-state index contributed by atoms with van der Waals surface area (Å²) in [5.74, 6) is 0. The van der Waals surface area contributed by atoms with Gasteiger partial charge in [0.1, 0.15) is 5.25 Å². The van der Waals surface area contributed by atoms with E-state index in [1.807, 2.05) is 0 Å². The molecular weight excluding hydrogens is 282 g/mol. The largest absolute Gasteiger partial charge is 0.392 e. The molecule has 1 unspecified atom stereocenters. The highest BCUT2D eigenvalue weighted by molar-refractivity contribution is 7.92. The molecule has 0 saturated carbocycles. The van der Waals surface area contributed by atoms with E-state index in [4.69, 9.17) is 18.0 Å². The van der Waals surface area contributed by atoms with E-state index < -0.39 is 15.3 Å². The van der Waals surface area contributed by atoms with Crippen LogP contribution in [0.3, 0.4) is 0 Å². The Balaban J connectivity index is 2.99. The van der Waals surface area contributed by atoms with Gasteiger partial charge in [-0.15, -0.1) is 0 Å². The summed E-state index contributed by atoms with van der Waals surface area (Å²) in [7, 11) is -3.51. The van der Waals surface area contributed by atoms with Gasteiger partial charge in [0, 0.05) is 25.5 Å². The SMILES string of the molecule is CCC(C(N)=S)S(=O)(=O)N(CC)Cc1ccncc1. The lowest BCUT2D eigenvalue weighted by Crippen LogP contribution is -2.43. The van der Waals surface area contributed by atoms with Crippen molar-refractivity contribution in [2.75, 3.05) is 6.54 Å². The van der Waals surface area contributed by atoms with E-state index in [-0.39, 0.29) is 4.99 Å². The molecular formula is C12H19N3O2S2. The minimum Gasteiger partial charge on any atom is -0.392 e. The summed E-state index contributed by atoms with van der Waals surface area (Å²) in [5.41, 5.74) is 6.42. The number of hydrogen-bond acceptors (Lipinski definition) is 4. The van der Waals surface area contributed by atoms with Gasteiger partial charge < -0.3 is 5.73 Å². The van der Waals surface area contributed by atoms with E-state index in [2.05, 4.69) is 4.98 Å². The van der Waals surface area contributed by atoms with Crippen molar-refractivity contribution < 1.29 is 8.42 Å². The molecule has 5 nitrogen and oxygen atoms in total. The summed E-state index contributed by atoms with van der Waals surface area (Å²) in [4.78, 5) is 3.94. The maximum absolute atomic E-state index is 12.5. The maximum atomic E-state index is 12.5. The molecule has 0 amide bonds. The van der Waals surface area contributed by atoms with Crippen molar-refractivity contribution in [2.45, 2.75) is 32.1 Å². The third kappa shape index (κ3) is 3.95. The fraction of sp³-hybridized carbons (Fsp3) is 0.500. The molecule has 0 bridgehead atoms. The highest BCUT2D eigenvalue weighted by atomic mass is 32.2.